The van der Waals surface area contributed by atoms with Gasteiger partial charge in [-0.15, -0.1) is 0 Å². The Bertz CT molecular complexity index is 368. The maximum Gasteiger partial charge on any atom is 0.361 e. The Balaban J connectivity index is 3.19. The number of carbonyl (C=O) groups is 2. The smallest absolute Gasteiger partial charge is 0.361 e. The Labute approximate surface area is 79.8 Å². The van der Waals surface area contributed by atoms with Crippen molar-refractivity contribution in [3.8, 4) is 0 Å². The fourth-order valence-electron chi connectivity index (χ4n) is 0.951. The van der Waals surface area contributed by atoms with Crippen LogP contribution in [0.5, 0.6) is 0 Å². The van der Waals surface area contributed by atoms with Gasteiger partial charge in [-0.25, -0.2) is 9.59 Å². The summed E-state index contributed by atoms with van der Waals surface area (Å²) in [6.07, 6.45) is 0. The highest BCUT2D eigenvalue weighted by atomic mass is 16.5. The molecule has 0 spiro atoms. The molecule has 1 rings (SSSR count). The Hall–Kier alpha value is -1.85. The number of ether oxygens (including phenoxy) is 2. The van der Waals surface area contributed by atoms with Crippen LogP contribution in [-0.4, -0.2) is 31.3 Å². The van der Waals surface area contributed by atoms with Gasteiger partial charge in [0.1, 0.15) is 11.3 Å². The number of carbonyl (C=O) groups excluding carboxylic acids is 2. The summed E-state index contributed by atoms with van der Waals surface area (Å²) in [4.78, 5) is 22.3. The molecule has 0 N–H and O–H groups in total. The van der Waals surface area contributed by atoms with Gasteiger partial charge in [-0.3, -0.25) is 0 Å². The summed E-state index contributed by atoms with van der Waals surface area (Å²) in [7, 11) is 2.39. The summed E-state index contributed by atoms with van der Waals surface area (Å²) in [5.74, 6) is -1.19. The van der Waals surface area contributed by atoms with E-state index in [0.717, 1.165) is 0 Å². The van der Waals surface area contributed by atoms with Crippen LogP contribution in [0.1, 0.15) is 26.6 Å². The lowest BCUT2D eigenvalue weighted by Gasteiger charge is -1.97. The fourth-order valence-corrected chi connectivity index (χ4v) is 0.951. The zero-order valence-electron chi connectivity index (χ0n) is 7.99. The van der Waals surface area contributed by atoms with Crippen LogP contribution in [0.2, 0.25) is 0 Å². The monoisotopic (exact) mass is 199 g/mol. The van der Waals surface area contributed by atoms with Gasteiger partial charge in [-0.05, 0) is 6.92 Å². The number of esters is 2. The molecular weight excluding hydrogens is 190 g/mol. The number of methoxy groups -OCH3 is 2. The van der Waals surface area contributed by atoms with Crippen LogP contribution in [0.4, 0.5) is 0 Å². The van der Waals surface area contributed by atoms with Crippen molar-refractivity contribution in [2.24, 2.45) is 0 Å². The van der Waals surface area contributed by atoms with Crippen molar-refractivity contribution in [1.29, 1.82) is 0 Å². The van der Waals surface area contributed by atoms with Crippen LogP contribution in [0.3, 0.4) is 0 Å². The number of hydrogen-bond donors (Lipinski definition) is 0. The first-order chi connectivity index (χ1) is 6.61. The number of rotatable bonds is 2. The molecule has 0 aromatic carbocycles. The summed E-state index contributed by atoms with van der Waals surface area (Å²) in [5.41, 5.74) is -0.170. The molecule has 6 heteroatoms. The molecule has 1 heterocycles. The van der Waals surface area contributed by atoms with Crippen LogP contribution >= 0.6 is 0 Å². The number of nitrogens with zero attached hydrogens (tertiary/aromatic N) is 1. The molecule has 1 aromatic heterocycles. The molecule has 0 atom stereocenters. The van der Waals surface area contributed by atoms with Gasteiger partial charge in [-0.1, -0.05) is 5.16 Å². The highest BCUT2D eigenvalue weighted by Crippen LogP contribution is 2.15. The van der Waals surface area contributed by atoms with Crippen LogP contribution in [-0.2, 0) is 9.47 Å². The predicted molar refractivity (Wildman–Crippen MR) is 43.9 cm³/mol. The van der Waals surface area contributed by atoms with Crippen molar-refractivity contribution in [3.63, 3.8) is 0 Å². The molecule has 0 radical (unpaired) electrons. The normalized spacial score (nSPS) is 9.64. The van der Waals surface area contributed by atoms with E-state index in [2.05, 4.69) is 19.2 Å². The lowest BCUT2D eigenvalue weighted by atomic mass is 10.2. The van der Waals surface area contributed by atoms with Gasteiger partial charge in [0.25, 0.3) is 0 Å². The molecule has 6 nitrogen and oxygen atoms in total. The zero-order valence-corrected chi connectivity index (χ0v) is 7.99. The first kappa shape index (κ1) is 10.2. The Morgan fingerprint density at radius 2 is 1.79 bits per heavy atom. The van der Waals surface area contributed by atoms with Crippen molar-refractivity contribution >= 4 is 11.9 Å². The standard InChI is InChI=1S/C8H9NO5/c1-4-5(7(10)12-2)6(9-14-4)8(11)13-3/h1-3H3. The first-order valence-electron chi connectivity index (χ1n) is 3.74. The second kappa shape index (κ2) is 3.91. The highest BCUT2D eigenvalue weighted by Gasteiger charge is 2.26. The summed E-state index contributed by atoms with van der Waals surface area (Å²) >= 11 is 0. The summed E-state index contributed by atoms with van der Waals surface area (Å²) in [6, 6.07) is 0. The molecule has 76 valence electrons. The van der Waals surface area contributed by atoms with Crippen molar-refractivity contribution < 1.29 is 23.6 Å². The Morgan fingerprint density at radius 1 is 1.21 bits per heavy atom. The predicted octanol–water partition coefficient (Wildman–Crippen LogP) is 0.556. The van der Waals surface area contributed by atoms with Crippen molar-refractivity contribution in [3.05, 3.63) is 17.0 Å². The molecule has 1 aromatic rings. The zero-order chi connectivity index (χ0) is 10.7. The molecule has 0 aliphatic carbocycles. The summed E-state index contributed by atoms with van der Waals surface area (Å²) < 4.78 is 13.6. The minimum Gasteiger partial charge on any atom is -0.465 e. The third-order valence-electron chi connectivity index (χ3n) is 1.63. The van der Waals surface area contributed by atoms with Gasteiger partial charge in [0.2, 0.25) is 5.69 Å². The van der Waals surface area contributed by atoms with Gasteiger partial charge in [0.05, 0.1) is 14.2 Å². The van der Waals surface area contributed by atoms with E-state index in [1.807, 2.05) is 0 Å². The summed E-state index contributed by atoms with van der Waals surface area (Å²) in [6.45, 7) is 1.51. The maximum absolute atomic E-state index is 11.2. The molecule has 0 saturated carbocycles. The van der Waals surface area contributed by atoms with Crippen LogP contribution in [0.15, 0.2) is 4.52 Å². The van der Waals surface area contributed by atoms with E-state index in [1.165, 1.54) is 21.1 Å². The molecule has 0 amide bonds. The average molecular weight is 199 g/mol. The topological polar surface area (TPSA) is 78.6 Å². The van der Waals surface area contributed by atoms with Crippen LogP contribution < -0.4 is 0 Å². The van der Waals surface area contributed by atoms with Gasteiger partial charge >= 0.3 is 11.9 Å². The van der Waals surface area contributed by atoms with Crippen LogP contribution in [0, 0.1) is 6.92 Å². The van der Waals surface area contributed by atoms with E-state index in [1.54, 1.807) is 0 Å². The molecular formula is C8H9NO5. The van der Waals surface area contributed by atoms with Crippen molar-refractivity contribution in [1.82, 2.24) is 5.16 Å². The number of hydrogen-bond acceptors (Lipinski definition) is 6. The maximum atomic E-state index is 11.2. The van der Waals surface area contributed by atoms with Crippen molar-refractivity contribution in [2.75, 3.05) is 14.2 Å². The van der Waals surface area contributed by atoms with Gasteiger partial charge < -0.3 is 14.0 Å². The second-order valence-corrected chi connectivity index (χ2v) is 2.45. The molecule has 0 saturated heterocycles. The van der Waals surface area contributed by atoms with Gasteiger partial charge in [0, 0.05) is 0 Å². The lowest BCUT2D eigenvalue weighted by Crippen LogP contribution is -2.11. The molecule has 14 heavy (non-hydrogen) atoms. The highest BCUT2D eigenvalue weighted by molar-refractivity contribution is 6.02. The van der Waals surface area contributed by atoms with E-state index in [4.69, 9.17) is 0 Å². The van der Waals surface area contributed by atoms with Gasteiger partial charge in [0.15, 0.2) is 0 Å². The van der Waals surface area contributed by atoms with E-state index < -0.39 is 11.9 Å². The number of aryl methyl sites for hydroxylation is 1. The first-order valence-corrected chi connectivity index (χ1v) is 3.74. The Kier molecular flexibility index (Phi) is 2.85. The lowest BCUT2D eigenvalue weighted by molar-refractivity contribution is 0.0550. The molecule has 0 fully saturated rings. The quantitative estimate of drug-likeness (QED) is 0.647. The second-order valence-electron chi connectivity index (χ2n) is 2.45. The minimum atomic E-state index is -0.734. The van der Waals surface area contributed by atoms with E-state index >= 15 is 0 Å². The third kappa shape index (κ3) is 1.59. The average Bonchev–Trinajstić information content (AvgIpc) is 2.58. The minimum absolute atomic E-state index is 0.000602. The van der Waals surface area contributed by atoms with Crippen LogP contribution in [0.25, 0.3) is 0 Å². The van der Waals surface area contributed by atoms with E-state index in [-0.39, 0.29) is 17.0 Å². The SMILES string of the molecule is COC(=O)c1noc(C)c1C(=O)OC. The molecule has 0 unspecified atom stereocenters. The molecule has 0 aliphatic rings. The largest absolute Gasteiger partial charge is 0.465 e. The third-order valence-corrected chi connectivity index (χ3v) is 1.63. The molecule has 0 aliphatic heterocycles. The van der Waals surface area contributed by atoms with E-state index in [0.29, 0.717) is 0 Å². The number of aromatic nitrogens is 1. The fraction of sp³-hybridized carbons (Fsp3) is 0.375. The molecule has 0 bridgehead atoms. The summed E-state index contributed by atoms with van der Waals surface area (Å²) in [5, 5.41) is 3.41. The van der Waals surface area contributed by atoms with Crippen molar-refractivity contribution in [2.45, 2.75) is 6.92 Å². The van der Waals surface area contributed by atoms with Gasteiger partial charge in [-0.2, -0.15) is 0 Å². The van der Waals surface area contributed by atoms with E-state index in [9.17, 15) is 9.59 Å². The Morgan fingerprint density at radius 3 is 2.29 bits per heavy atom.